The van der Waals surface area contributed by atoms with Crippen molar-refractivity contribution in [1.82, 2.24) is 10.2 Å². The van der Waals surface area contributed by atoms with Gasteiger partial charge in [0.1, 0.15) is 11.6 Å². The molecule has 0 saturated carbocycles. The lowest BCUT2D eigenvalue weighted by Crippen LogP contribution is -2.49. The van der Waals surface area contributed by atoms with E-state index in [1.807, 2.05) is 0 Å². The highest BCUT2D eigenvalue weighted by molar-refractivity contribution is 5.95. The van der Waals surface area contributed by atoms with E-state index in [1.165, 1.54) is 7.05 Å². The number of amides is 2. The smallest absolute Gasteiger partial charge is 0.410 e. The number of likely N-dealkylation sites (N-methyl/N-ethyl adjacent to an activating group) is 1. The number of carboxylic acids is 2. The zero-order valence-corrected chi connectivity index (χ0v) is 12.8. The molecule has 0 aliphatic rings. The van der Waals surface area contributed by atoms with Gasteiger partial charge in [0.2, 0.25) is 5.91 Å². The highest BCUT2D eigenvalue weighted by Crippen LogP contribution is 2.09. The maximum atomic E-state index is 11.7. The first-order valence-corrected chi connectivity index (χ1v) is 6.31. The second-order valence-corrected chi connectivity index (χ2v) is 5.43. The molecule has 9 nitrogen and oxygen atoms in total. The minimum Gasteiger partial charge on any atom is -0.480 e. The van der Waals surface area contributed by atoms with Crippen LogP contribution < -0.4 is 5.32 Å². The standard InChI is InChI=1S/C13H20N2O7/c1-13(2,3)22-12(21)15(4)7-8(11(19)20)14-9(16)5-6-10(17)18/h5-6,8H,7H2,1-4H3,(H,14,16)(H,17,18)(H,19,20)/b6-5-. The number of hydrogen-bond acceptors (Lipinski definition) is 5. The molecule has 0 saturated heterocycles. The molecule has 0 aliphatic carbocycles. The first-order valence-electron chi connectivity index (χ1n) is 6.31. The van der Waals surface area contributed by atoms with Crippen LogP contribution in [0.1, 0.15) is 20.8 Å². The van der Waals surface area contributed by atoms with Gasteiger partial charge in [-0.1, -0.05) is 0 Å². The van der Waals surface area contributed by atoms with E-state index in [2.05, 4.69) is 5.32 Å². The summed E-state index contributed by atoms with van der Waals surface area (Å²) in [5.41, 5.74) is -0.739. The summed E-state index contributed by atoms with van der Waals surface area (Å²) in [6.07, 6.45) is 0.520. The van der Waals surface area contributed by atoms with Crippen LogP contribution in [0.15, 0.2) is 12.2 Å². The molecule has 2 amide bonds. The van der Waals surface area contributed by atoms with Crippen LogP contribution in [-0.4, -0.2) is 64.3 Å². The minimum atomic E-state index is -1.40. The minimum absolute atomic E-state index is 0.336. The van der Waals surface area contributed by atoms with E-state index < -0.39 is 35.6 Å². The van der Waals surface area contributed by atoms with Gasteiger partial charge >= 0.3 is 18.0 Å². The zero-order valence-electron chi connectivity index (χ0n) is 12.8. The van der Waals surface area contributed by atoms with Crippen LogP contribution in [0.5, 0.6) is 0 Å². The first-order chi connectivity index (χ1) is 9.92. The number of rotatable bonds is 6. The van der Waals surface area contributed by atoms with Gasteiger partial charge in [-0.25, -0.2) is 14.4 Å². The summed E-state index contributed by atoms with van der Waals surface area (Å²) in [6.45, 7) is 4.64. The fourth-order valence-corrected chi connectivity index (χ4v) is 1.24. The fraction of sp³-hybridized carbons (Fsp3) is 0.538. The lowest BCUT2D eigenvalue weighted by atomic mass is 10.2. The molecule has 0 aliphatic heterocycles. The van der Waals surface area contributed by atoms with Gasteiger partial charge in [-0.15, -0.1) is 0 Å². The van der Waals surface area contributed by atoms with E-state index >= 15 is 0 Å². The van der Waals surface area contributed by atoms with Gasteiger partial charge < -0.3 is 25.2 Å². The first kappa shape index (κ1) is 19.4. The summed E-state index contributed by atoms with van der Waals surface area (Å²) in [4.78, 5) is 45.5. The van der Waals surface area contributed by atoms with Gasteiger partial charge in [-0.05, 0) is 20.8 Å². The molecule has 0 fully saturated rings. The van der Waals surface area contributed by atoms with Gasteiger partial charge in [0, 0.05) is 19.2 Å². The average Bonchev–Trinajstić information content (AvgIpc) is 2.33. The topological polar surface area (TPSA) is 133 Å². The fourth-order valence-electron chi connectivity index (χ4n) is 1.24. The Kier molecular flexibility index (Phi) is 7.07. The molecule has 9 heteroatoms. The predicted molar refractivity (Wildman–Crippen MR) is 75.2 cm³/mol. The molecule has 0 bridgehead atoms. The Labute approximate surface area is 127 Å². The Bertz CT molecular complexity index is 479. The Morgan fingerprint density at radius 3 is 2.14 bits per heavy atom. The molecule has 3 N–H and O–H groups in total. The second kappa shape index (κ2) is 8.01. The predicted octanol–water partition coefficient (Wildman–Crippen LogP) is 0.0635. The van der Waals surface area contributed by atoms with E-state index in [0.717, 1.165) is 4.90 Å². The van der Waals surface area contributed by atoms with Crippen molar-refractivity contribution in [2.45, 2.75) is 32.4 Å². The van der Waals surface area contributed by atoms with Crippen molar-refractivity contribution in [2.24, 2.45) is 0 Å². The lowest BCUT2D eigenvalue weighted by molar-refractivity contribution is -0.141. The summed E-state index contributed by atoms with van der Waals surface area (Å²) in [7, 11) is 1.32. The molecule has 1 unspecified atom stereocenters. The highest BCUT2D eigenvalue weighted by Gasteiger charge is 2.26. The van der Waals surface area contributed by atoms with Crippen LogP contribution in [0.2, 0.25) is 0 Å². The normalized spacial score (nSPS) is 12.5. The Hall–Kier alpha value is -2.58. The number of carbonyl (C=O) groups is 4. The summed E-state index contributed by atoms with van der Waals surface area (Å²) in [6, 6.07) is -1.40. The summed E-state index contributed by atoms with van der Waals surface area (Å²) in [5, 5.41) is 19.5. The summed E-state index contributed by atoms with van der Waals surface area (Å²) >= 11 is 0. The molecule has 0 aromatic carbocycles. The Balaban J connectivity index is 4.71. The number of nitrogens with one attached hydrogen (secondary N) is 1. The lowest BCUT2D eigenvalue weighted by Gasteiger charge is -2.26. The van der Waals surface area contributed by atoms with Crippen LogP contribution >= 0.6 is 0 Å². The van der Waals surface area contributed by atoms with E-state index in [-0.39, 0.29) is 6.54 Å². The molecule has 0 aromatic heterocycles. The molecule has 22 heavy (non-hydrogen) atoms. The summed E-state index contributed by atoms with van der Waals surface area (Å²) < 4.78 is 5.05. The van der Waals surface area contributed by atoms with Gasteiger partial charge in [-0.3, -0.25) is 4.79 Å². The maximum Gasteiger partial charge on any atom is 0.410 e. The van der Waals surface area contributed by atoms with Gasteiger partial charge in [0.05, 0.1) is 6.54 Å². The molecule has 0 spiro atoms. The maximum absolute atomic E-state index is 11.7. The molecule has 1 atom stereocenters. The van der Waals surface area contributed by atoms with Gasteiger partial charge in [0.25, 0.3) is 0 Å². The van der Waals surface area contributed by atoms with Crippen molar-refractivity contribution >= 4 is 23.9 Å². The third-order valence-corrected chi connectivity index (χ3v) is 2.15. The van der Waals surface area contributed by atoms with Gasteiger partial charge in [-0.2, -0.15) is 0 Å². The van der Waals surface area contributed by atoms with Crippen LogP contribution in [0.25, 0.3) is 0 Å². The van der Waals surface area contributed by atoms with E-state index in [9.17, 15) is 19.2 Å². The number of carboxylic acid groups (broad SMARTS) is 2. The van der Waals surface area contributed by atoms with E-state index in [0.29, 0.717) is 12.2 Å². The number of carbonyl (C=O) groups excluding carboxylic acids is 2. The Morgan fingerprint density at radius 2 is 1.73 bits per heavy atom. The monoisotopic (exact) mass is 316 g/mol. The second-order valence-electron chi connectivity index (χ2n) is 5.43. The average molecular weight is 316 g/mol. The number of ether oxygens (including phenoxy) is 1. The van der Waals surface area contributed by atoms with Crippen molar-refractivity contribution in [3.63, 3.8) is 0 Å². The molecule has 124 valence electrons. The SMILES string of the molecule is CN(CC(NC(=O)/C=C\C(=O)O)C(=O)O)C(=O)OC(C)(C)C. The van der Waals surface area contributed by atoms with Crippen LogP contribution in [0.4, 0.5) is 4.79 Å². The van der Waals surface area contributed by atoms with Crippen molar-refractivity contribution in [1.29, 1.82) is 0 Å². The third-order valence-electron chi connectivity index (χ3n) is 2.15. The number of nitrogens with zero attached hydrogens (tertiary/aromatic N) is 1. The molecule has 0 radical (unpaired) electrons. The van der Waals surface area contributed by atoms with Crippen LogP contribution in [0, 0.1) is 0 Å². The number of hydrogen-bond donors (Lipinski definition) is 3. The molecule has 0 rings (SSSR count). The summed E-state index contributed by atoms with van der Waals surface area (Å²) in [5.74, 6) is -3.60. The molecule has 0 aromatic rings. The zero-order chi connectivity index (χ0) is 17.5. The van der Waals surface area contributed by atoms with Crippen LogP contribution in [0.3, 0.4) is 0 Å². The van der Waals surface area contributed by atoms with Crippen molar-refractivity contribution in [2.75, 3.05) is 13.6 Å². The van der Waals surface area contributed by atoms with Gasteiger partial charge in [0.15, 0.2) is 0 Å². The van der Waals surface area contributed by atoms with E-state index in [1.54, 1.807) is 20.8 Å². The van der Waals surface area contributed by atoms with Crippen molar-refractivity contribution < 1.29 is 34.1 Å². The number of aliphatic carboxylic acids is 2. The van der Waals surface area contributed by atoms with Crippen molar-refractivity contribution in [3.05, 3.63) is 12.2 Å². The van der Waals surface area contributed by atoms with Crippen molar-refractivity contribution in [3.8, 4) is 0 Å². The van der Waals surface area contributed by atoms with E-state index in [4.69, 9.17) is 14.9 Å². The third kappa shape index (κ3) is 8.56. The molecular weight excluding hydrogens is 296 g/mol. The molecular formula is C13H20N2O7. The largest absolute Gasteiger partial charge is 0.480 e. The highest BCUT2D eigenvalue weighted by atomic mass is 16.6. The quantitative estimate of drug-likeness (QED) is 0.590. The van der Waals surface area contributed by atoms with Crippen LogP contribution in [-0.2, 0) is 19.1 Å². The Morgan fingerprint density at radius 1 is 1.18 bits per heavy atom. The molecule has 0 heterocycles.